The fourth-order valence-corrected chi connectivity index (χ4v) is 4.73. The summed E-state index contributed by atoms with van der Waals surface area (Å²) in [6.45, 7) is 8.40. The van der Waals surface area contributed by atoms with Crippen LogP contribution in [0.2, 0.25) is 0 Å². The Bertz CT molecular complexity index is 1390. The number of fused-ring (bicyclic) bond motifs is 1. The molecule has 0 aliphatic carbocycles. The highest BCUT2D eigenvalue weighted by Crippen LogP contribution is 2.46. The number of nitrogens with one attached hydrogen (secondary N) is 1. The SMILES string of the molecule is C=CCOc1ccc(C2c3c(-c4cc(C)cc(C)c4O)n[nH]c3C(=O)N2Cc2ccccc2)cc1. The Morgan fingerprint density at radius 2 is 1.86 bits per heavy atom. The molecule has 0 fully saturated rings. The van der Waals surface area contributed by atoms with Crippen LogP contribution in [0.5, 0.6) is 11.5 Å². The van der Waals surface area contributed by atoms with Crippen molar-refractivity contribution in [3.8, 4) is 22.8 Å². The molecule has 1 aliphatic heterocycles. The number of H-pyrrole nitrogens is 1. The Labute approximate surface area is 204 Å². The largest absolute Gasteiger partial charge is 0.507 e. The van der Waals surface area contributed by atoms with E-state index in [0.29, 0.717) is 30.1 Å². The summed E-state index contributed by atoms with van der Waals surface area (Å²) < 4.78 is 5.66. The third kappa shape index (κ3) is 4.08. The number of aromatic hydroxyl groups is 1. The van der Waals surface area contributed by atoms with Crippen molar-refractivity contribution in [2.45, 2.75) is 26.4 Å². The highest BCUT2D eigenvalue weighted by Gasteiger charge is 2.42. The van der Waals surface area contributed by atoms with Gasteiger partial charge in [-0.25, -0.2) is 0 Å². The molecule has 35 heavy (non-hydrogen) atoms. The average Bonchev–Trinajstić information content (AvgIpc) is 3.40. The highest BCUT2D eigenvalue weighted by molar-refractivity contribution is 6.00. The summed E-state index contributed by atoms with van der Waals surface area (Å²) in [5.41, 5.74) is 6.17. The number of ether oxygens (including phenoxy) is 1. The summed E-state index contributed by atoms with van der Waals surface area (Å²) in [5.74, 6) is 0.779. The van der Waals surface area contributed by atoms with Crippen molar-refractivity contribution in [1.82, 2.24) is 15.1 Å². The number of hydrogen-bond acceptors (Lipinski definition) is 4. The van der Waals surface area contributed by atoms with Crippen LogP contribution >= 0.6 is 0 Å². The van der Waals surface area contributed by atoms with Gasteiger partial charge in [0.2, 0.25) is 0 Å². The van der Waals surface area contributed by atoms with Gasteiger partial charge < -0.3 is 14.7 Å². The molecule has 0 saturated heterocycles. The van der Waals surface area contributed by atoms with Crippen molar-refractivity contribution in [2.24, 2.45) is 0 Å². The Morgan fingerprint density at radius 1 is 1.11 bits per heavy atom. The number of aryl methyl sites for hydroxylation is 2. The Balaban J connectivity index is 1.64. The first-order valence-corrected chi connectivity index (χ1v) is 11.5. The van der Waals surface area contributed by atoms with E-state index in [-0.39, 0.29) is 17.7 Å². The number of phenolic OH excluding ortho intramolecular Hbond substituents is 1. The fraction of sp³-hybridized carbons (Fsp3) is 0.172. The van der Waals surface area contributed by atoms with Gasteiger partial charge in [-0.15, -0.1) is 0 Å². The molecule has 4 aromatic rings. The van der Waals surface area contributed by atoms with Crippen LogP contribution in [-0.2, 0) is 6.54 Å². The van der Waals surface area contributed by atoms with Gasteiger partial charge in [0.1, 0.15) is 29.5 Å². The maximum absolute atomic E-state index is 13.6. The molecule has 3 aromatic carbocycles. The molecule has 1 aromatic heterocycles. The number of aromatic nitrogens is 2. The molecule has 1 aliphatic rings. The third-order valence-corrected chi connectivity index (χ3v) is 6.32. The van der Waals surface area contributed by atoms with Gasteiger partial charge >= 0.3 is 0 Å². The van der Waals surface area contributed by atoms with E-state index in [9.17, 15) is 9.90 Å². The van der Waals surface area contributed by atoms with Crippen LogP contribution in [0.1, 0.15) is 44.3 Å². The Hall–Kier alpha value is -4.32. The molecule has 176 valence electrons. The van der Waals surface area contributed by atoms with E-state index >= 15 is 0 Å². The van der Waals surface area contributed by atoms with Crippen molar-refractivity contribution in [3.05, 3.63) is 113 Å². The van der Waals surface area contributed by atoms with E-state index in [0.717, 1.165) is 33.6 Å². The van der Waals surface area contributed by atoms with Crippen LogP contribution in [-0.4, -0.2) is 32.7 Å². The zero-order chi connectivity index (χ0) is 24.5. The van der Waals surface area contributed by atoms with E-state index in [1.807, 2.05) is 85.5 Å². The van der Waals surface area contributed by atoms with Crippen LogP contribution in [0.25, 0.3) is 11.3 Å². The number of phenols is 1. The maximum Gasteiger partial charge on any atom is 0.273 e. The number of hydrogen-bond donors (Lipinski definition) is 2. The molecule has 2 heterocycles. The predicted octanol–water partition coefficient (Wildman–Crippen LogP) is 5.71. The van der Waals surface area contributed by atoms with Gasteiger partial charge in [-0.1, -0.05) is 61.2 Å². The lowest BCUT2D eigenvalue weighted by atomic mass is 9.94. The van der Waals surface area contributed by atoms with E-state index in [4.69, 9.17) is 4.74 Å². The second kappa shape index (κ2) is 9.14. The number of carbonyl (C=O) groups is 1. The van der Waals surface area contributed by atoms with Crippen molar-refractivity contribution in [2.75, 3.05) is 6.61 Å². The van der Waals surface area contributed by atoms with Crippen molar-refractivity contribution < 1.29 is 14.6 Å². The topological polar surface area (TPSA) is 78.5 Å². The van der Waals surface area contributed by atoms with E-state index in [1.54, 1.807) is 6.08 Å². The Kier molecular flexibility index (Phi) is 5.87. The van der Waals surface area contributed by atoms with Crippen molar-refractivity contribution >= 4 is 5.91 Å². The van der Waals surface area contributed by atoms with E-state index in [1.165, 1.54) is 0 Å². The van der Waals surface area contributed by atoms with Gasteiger partial charge in [0.25, 0.3) is 5.91 Å². The number of rotatable bonds is 7. The molecular formula is C29H27N3O3. The minimum absolute atomic E-state index is 0.122. The summed E-state index contributed by atoms with van der Waals surface area (Å²) in [4.78, 5) is 15.5. The summed E-state index contributed by atoms with van der Waals surface area (Å²) >= 11 is 0. The van der Waals surface area contributed by atoms with Gasteiger partial charge in [0, 0.05) is 17.7 Å². The summed E-state index contributed by atoms with van der Waals surface area (Å²) in [7, 11) is 0. The monoisotopic (exact) mass is 465 g/mol. The number of aromatic amines is 1. The zero-order valence-electron chi connectivity index (χ0n) is 19.8. The number of benzene rings is 3. The van der Waals surface area contributed by atoms with Crippen LogP contribution < -0.4 is 4.74 Å². The molecule has 6 nitrogen and oxygen atoms in total. The van der Waals surface area contributed by atoms with Gasteiger partial charge in [0.05, 0.1) is 6.04 Å². The molecular weight excluding hydrogens is 438 g/mol. The maximum atomic E-state index is 13.6. The molecule has 1 amide bonds. The predicted molar refractivity (Wildman–Crippen MR) is 135 cm³/mol. The number of nitrogens with zero attached hydrogens (tertiary/aromatic N) is 2. The van der Waals surface area contributed by atoms with Gasteiger partial charge in [-0.05, 0) is 54.3 Å². The first-order valence-electron chi connectivity index (χ1n) is 11.5. The van der Waals surface area contributed by atoms with Gasteiger partial charge in [-0.3, -0.25) is 9.89 Å². The van der Waals surface area contributed by atoms with Crippen LogP contribution in [0, 0.1) is 13.8 Å². The Morgan fingerprint density at radius 3 is 2.57 bits per heavy atom. The van der Waals surface area contributed by atoms with Crippen molar-refractivity contribution in [3.63, 3.8) is 0 Å². The van der Waals surface area contributed by atoms with Crippen LogP contribution in [0.3, 0.4) is 0 Å². The lowest BCUT2D eigenvalue weighted by molar-refractivity contribution is 0.0730. The van der Waals surface area contributed by atoms with E-state index < -0.39 is 0 Å². The smallest absolute Gasteiger partial charge is 0.273 e. The lowest BCUT2D eigenvalue weighted by Crippen LogP contribution is -2.29. The van der Waals surface area contributed by atoms with Crippen LogP contribution in [0.4, 0.5) is 0 Å². The quantitative estimate of drug-likeness (QED) is 0.343. The minimum Gasteiger partial charge on any atom is -0.507 e. The van der Waals surface area contributed by atoms with Crippen molar-refractivity contribution in [1.29, 1.82) is 0 Å². The fourth-order valence-electron chi connectivity index (χ4n) is 4.73. The first-order chi connectivity index (χ1) is 17.0. The summed E-state index contributed by atoms with van der Waals surface area (Å²) in [6.07, 6.45) is 1.70. The average molecular weight is 466 g/mol. The normalized spacial score (nSPS) is 14.7. The number of carbonyl (C=O) groups excluding carboxylic acids is 1. The first kappa shape index (κ1) is 22.5. The van der Waals surface area contributed by atoms with E-state index in [2.05, 4.69) is 16.8 Å². The van der Waals surface area contributed by atoms with Crippen LogP contribution in [0.15, 0.2) is 79.4 Å². The third-order valence-electron chi connectivity index (χ3n) is 6.32. The highest BCUT2D eigenvalue weighted by atomic mass is 16.5. The zero-order valence-corrected chi connectivity index (χ0v) is 19.8. The number of amides is 1. The summed E-state index contributed by atoms with van der Waals surface area (Å²) in [5, 5.41) is 18.4. The molecule has 1 atom stereocenters. The molecule has 2 N–H and O–H groups in total. The standard InChI is InChI=1S/C29H27N3O3/c1-4-14-35-22-12-10-21(11-13-22)27-24-25(23-16-18(2)15-19(3)28(23)33)30-31-26(24)29(34)32(27)17-20-8-6-5-7-9-20/h4-13,15-16,27,33H,1,14,17H2,2-3H3,(H,30,31). The second-order valence-electron chi connectivity index (χ2n) is 8.83. The van der Waals surface area contributed by atoms with Gasteiger partial charge in [0.15, 0.2) is 0 Å². The lowest BCUT2D eigenvalue weighted by Gasteiger charge is -2.27. The van der Waals surface area contributed by atoms with Gasteiger partial charge in [-0.2, -0.15) is 5.10 Å². The second-order valence-corrected chi connectivity index (χ2v) is 8.83. The molecule has 6 heteroatoms. The molecule has 1 unspecified atom stereocenters. The minimum atomic E-state index is -0.375. The molecule has 5 rings (SSSR count). The molecule has 0 saturated carbocycles. The molecule has 0 bridgehead atoms. The molecule has 0 spiro atoms. The molecule has 0 radical (unpaired) electrons. The summed E-state index contributed by atoms with van der Waals surface area (Å²) in [6, 6.07) is 21.1.